The predicted molar refractivity (Wildman–Crippen MR) is 132 cm³/mol. The number of nitro groups is 1. The molecule has 36 heavy (non-hydrogen) atoms. The van der Waals surface area contributed by atoms with Gasteiger partial charge in [-0.3, -0.25) is 19.7 Å². The molecule has 2 aromatic rings. The van der Waals surface area contributed by atoms with Gasteiger partial charge in [-0.1, -0.05) is 13.8 Å². The number of likely N-dealkylation sites (N-methyl/N-ethyl adjacent to an activating group) is 1. The Bertz CT molecular complexity index is 1230. The summed E-state index contributed by atoms with van der Waals surface area (Å²) in [6.45, 7) is 9.42. The number of aryl methyl sites for hydroxylation is 1. The van der Waals surface area contributed by atoms with E-state index in [0.717, 1.165) is 13.1 Å². The summed E-state index contributed by atoms with van der Waals surface area (Å²) >= 11 is 0. The van der Waals surface area contributed by atoms with E-state index in [2.05, 4.69) is 9.88 Å². The molecule has 1 aromatic carbocycles. The van der Waals surface area contributed by atoms with Crippen molar-refractivity contribution >= 4 is 29.1 Å². The Morgan fingerprint density at radius 3 is 2.33 bits per heavy atom. The van der Waals surface area contributed by atoms with Gasteiger partial charge >= 0.3 is 5.97 Å². The molecule has 2 N–H and O–H groups in total. The highest BCUT2D eigenvalue weighted by atomic mass is 16.6. The minimum Gasteiger partial charge on any atom is -0.507 e. The first-order valence-electron chi connectivity index (χ1n) is 11.6. The van der Waals surface area contributed by atoms with Gasteiger partial charge in [0.05, 0.1) is 23.6 Å². The number of aromatic amines is 1. The van der Waals surface area contributed by atoms with Crippen LogP contribution in [0.3, 0.4) is 0 Å². The molecule has 1 fully saturated rings. The van der Waals surface area contributed by atoms with Gasteiger partial charge in [0, 0.05) is 36.5 Å². The Hall–Kier alpha value is -3.99. The maximum absolute atomic E-state index is 13.3. The van der Waals surface area contributed by atoms with E-state index in [1.54, 1.807) is 13.8 Å². The van der Waals surface area contributed by atoms with Gasteiger partial charge in [0.15, 0.2) is 0 Å². The van der Waals surface area contributed by atoms with Gasteiger partial charge in [0.2, 0.25) is 0 Å². The molecule has 1 aromatic heterocycles. The zero-order valence-corrected chi connectivity index (χ0v) is 21.0. The molecule has 1 aliphatic heterocycles. The van der Waals surface area contributed by atoms with Gasteiger partial charge in [-0.15, -0.1) is 0 Å². The van der Waals surface area contributed by atoms with E-state index in [1.165, 1.54) is 36.3 Å². The number of esters is 1. The summed E-state index contributed by atoms with van der Waals surface area (Å²) in [4.78, 5) is 55.5. The molecule has 0 saturated carbocycles. The van der Waals surface area contributed by atoms with Crippen molar-refractivity contribution in [3.8, 4) is 0 Å². The summed E-state index contributed by atoms with van der Waals surface area (Å²) in [5, 5.41) is 22.5. The number of nitrogens with one attached hydrogen (secondary N) is 1. The van der Waals surface area contributed by atoms with Crippen molar-refractivity contribution in [2.24, 2.45) is 0 Å². The topological polar surface area (TPSA) is 146 Å². The van der Waals surface area contributed by atoms with Crippen LogP contribution in [0.1, 0.15) is 52.8 Å². The largest absolute Gasteiger partial charge is 0.507 e. The Morgan fingerprint density at radius 2 is 1.81 bits per heavy atom. The number of carbonyl (C=O) groups excluding carboxylic acids is 3. The summed E-state index contributed by atoms with van der Waals surface area (Å²) in [6, 6.07) is 4.58. The molecule has 3 rings (SSSR count). The fourth-order valence-corrected chi connectivity index (χ4v) is 4.57. The number of H-pyrrole nitrogens is 1. The van der Waals surface area contributed by atoms with E-state index in [0.29, 0.717) is 23.4 Å². The average Bonchev–Trinajstić information content (AvgIpc) is 3.30. The highest BCUT2D eigenvalue weighted by Crippen LogP contribution is 2.41. The molecule has 0 spiro atoms. The highest BCUT2D eigenvalue weighted by Gasteiger charge is 2.46. The fraction of sp³-hybridized carbons (Fsp3) is 0.400. The van der Waals surface area contributed by atoms with Crippen LogP contribution < -0.4 is 0 Å². The number of amides is 1. The second-order valence-electron chi connectivity index (χ2n) is 8.48. The van der Waals surface area contributed by atoms with Gasteiger partial charge in [-0.05, 0) is 50.2 Å². The quantitative estimate of drug-likeness (QED) is 0.134. The molecule has 0 bridgehead atoms. The average molecular weight is 499 g/mol. The molecule has 1 aliphatic rings. The third-order valence-electron chi connectivity index (χ3n) is 6.57. The number of Topliss-reactive ketones (excluding diaryl/α,β-unsaturated/α-hetero) is 1. The van der Waals surface area contributed by atoms with Gasteiger partial charge in [0.1, 0.15) is 11.5 Å². The Kier molecular flexibility index (Phi) is 7.93. The molecule has 192 valence electrons. The van der Waals surface area contributed by atoms with Crippen LogP contribution in [0, 0.1) is 24.0 Å². The van der Waals surface area contributed by atoms with Crippen LogP contribution in [0.5, 0.6) is 0 Å². The summed E-state index contributed by atoms with van der Waals surface area (Å²) in [5.41, 5.74) is 1.30. The minimum absolute atomic E-state index is 0.124. The number of aliphatic hydroxyl groups excluding tert-OH is 1. The molecular formula is C25H30N4O7. The zero-order chi connectivity index (χ0) is 26.7. The molecule has 11 nitrogen and oxygen atoms in total. The standard InChI is InChI=1S/C25H30N4O7/c1-6-27(7-2)12-13-28-21(16-8-10-17(11-9-16)29(34)35)19(23(31)24(28)32)22(30)18-14(3)20(25(33)36-5)26-15(18)4/h8-11,21,26,30H,6-7,12-13H2,1-5H3/b22-19-. The van der Waals surface area contributed by atoms with E-state index >= 15 is 0 Å². The lowest BCUT2D eigenvalue weighted by Gasteiger charge is -2.28. The van der Waals surface area contributed by atoms with Gasteiger partial charge in [0.25, 0.3) is 17.4 Å². The van der Waals surface area contributed by atoms with Crippen molar-refractivity contribution in [3.05, 3.63) is 68.0 Å². The number of benzene rings is 1. The molecule has 2 heterocycles. The highest BCUT2D eigenvalue weighted by molar-refractivity contribution is 6.46. The molecule has 0 aliphatic carbocycles. The lowest BCUT2D eigenvalue weighted by Crippen LogP contribution is -2.38. The van der Waals surface area contributed by atoms with Crippen molar-refractivity contribution in [1.29, 1.82) is 0 Å². The van der Waals surface area contributed by atoms with Crippen LogP contribution in [-0.4, -0.2) is 75.8 Å². The number of likely N-dealkylation sites (tertiary alicyclic amines) is 1. The second-order valence-corrected chi connectivity index (χ2v) is 8.48. The van der Waals surface area contributed by atoms with E-state index < -0.39 is 34.4 Å². The van der Waals surface area contributed by atoms with Crippen LogP contribution >= 0.6 is 0 Å². The van der Waals surface area contributed by atoms with Gasteiger partial charge < -0.3 is 24.6 Å². The van der Waals surface area contributed by atoms with E-state index in [1.807, 2.05) is 13.8 Å². The third-order valence-corrected chi connectivity index (χ3v) is 6.57. The Balaban J connectivity index is 2.19. The number of hydrogen-bond donors (Lipinski definition) is 2. The molecule has 1 unspecified atom stereocenters. The number of methoxy groups -OCH3 is 1. The van der Waals surface area contributed by atoms with E-state index in [-0.39, 0.29) is 29.1 Å². The van der Waals surface area contributed by atoms with Crippen molar-refractivity contribution in [2.75, 3.05) is 33.3 Å². The van der Waals surface area contributed by atoms with Gasteiger partial charge in [-0.25, -0.2) is 4.79 Å². The summed E-state index contributed by atoms with van der Waals surface area (Å²) < 4.78 is 4.79. The molecular weight excluding hydrogens is 468 g/mol. The molecule has 1 saturated heterocycles. The number of aliphatic hydroxyl groups is 1. The molecule has 1 atom stereocenters. The number of nitro benzene ring substituents is 1. The second kappa shape index (κ2) is 10.7. The molecule has 0 radical (unpaired) electrons. The number of ether oxygens (including phenoxy) is 1. The van der Waals surface area contributed by atoms with Crippen molar-refractivity contribution in [2.45, 2.75) is 33.7 Å². The SMILES string of the molecule is CCN(CC)CCN1C(=O)C(=O)/C(=C(\O)c2c(C)[nH]c(C(=O)OC)c2C)C1c1ccc([N+](=O)[O-])cc1. The first-order valence-corrected chi connectivity index (χ1v) is 11.6. The van der Waals surface area contributed by atoms with Crippen molar-refractivity contribution in [3.63, 3.8) is 0 Å². The first kappa shape index (κ1) is 26.6. The maximum Gasteiger partial charge on any atom is 0.354 e. The summed E-state index contributed by atoms with van der Waals surface area (Å²) in [6.07, 6.45) is 0. The predicted octanol–water partition coefficient (Wildman–Crippen LogP) is 3.09. The lowest BCUT2D eigenvalue weighted by atomic mass is 9.94. The zero-order valence-electron chi connectivity index (χ0n) is 21.0. The number of hydrogen-bond acceptors (Lipinski definition) is 8. The van der Waals surface area contributed by atoms with E-state index in [9.17, 15) is 29.6 Å². The number of carbonyl (C=O) groups is 3. The van der Waals surface area contributed by atoms with Crippen molar-refractivity contribution in [1.82, 2.24) is 14.8 Å². The monoisotopic (exact) mass is 498 g/mol. The van der Waals surface area contributed by atoms with Crippen LogP contribution in [0.2, 0.25) is 0 Å². The maximum atomic E-state index is 13.3. The number of ketones is 1. The Labute approximate surface area is 208 Å². The number of aromatic nitrogens is 1. The third kappa shape index (κ3) is 4.74. The smallest absolute Gasteiger partial charge is 0.354 e. The lowest BCUT2D eigenvalue weighted by molar-refractivity contribution is -0.384. The summed E-state index contributed by atoms with van der Waals surface area (Å²) in [5.74, 6) is -2.70. The first-order chi connectivity index (χ1) is 17.1. The normalized spacial score (nSPS) is 17.2. The van der Waals surface area contributed by atoms with Crippen molar-refractivity contribution < 1.29 is 29.2 Å². The number of non-ortho nitro benzene ring substituents is 1. The van der Waals surface area contributed by atoms with Crippen LogP contribution in [0.25, 0.3) is 5.76 Å². The summed E-state index contributed by atoms with van der Waals surface area (Å²) in [7, 11) is 1.23. The Morgan fingerprint density at radius 1 is 1.19 bits per heavy atom. The fourth-order valence-electron chi connectivity index (χ4n) is 4.57. The number of rotatable bonds is 9. The molecule has 11 heteroatoms. The minimum atomic E-state index is -0.961. The van der Waals surface area contributed by atoms with E-state index in [4.69, 9.17) is 4.74 Å². The van der Waals surface area contributed by atoms with Crippen LogP contribution in [0.4, 0.5) is 5.69 Å². The van der Waals surface area contributed by atoms with Gasteiger partial charge in [-0.2, -0.15) is 0 Å². The number of nitrogens with zero attached hydrogens (tertiary/aromatic N) is 3. The molecule has 1 amide bonds. The van der Waals surface area contributed by atoms with Crippen LogP contribution in [0.15, 0.2) is 29.8 Å². The van der Waals surface area contributed by atoms with Crippen LogP contribution in [-0.2, 0) is 14.3 Å².